The maximum atomic E-state index is 11.1. The molecule has 2 heteroatoms. The molecule has 2 nitrogen and oxygen atoms in total. The predicted octanol–water partition coefficient (Wildman–Crippen LogP) is 6.05. The lowest BCUT2D eigenvalue weighted by Crippen LogP contribution is -2.05. The van der Waals surface area contributed by atoms with Gasteiger partial charge in [-0.3, -0.25) is 0 Å². The standard InChI is InChI=1S/C19H36O2/c1-17(2)18(20)21-16-14-12-10-8-6-7-9-11-13-15-19(3,4)5/h1,6-16H2,2-5H3. The van der Waals surface area contributed by atoms with Crippen molar-refractivity contribution >= 4 is 5.97 Å². The fraction of sp³-hybridized carbons (Fsp3) is 0.842. The molecule has 0 aliphatic heterocycles. The molecule has 0 saturated carbocycles. The van der Waals surface area contributed by atoms with Crippen molar-refractivity contribution in [3.63, 3.8) is 0 Å². The van der Waals surface area contributed by atoms with Gasteiger partial charge in [-0.25, -0.2) is 4.79 Å². The highest BCUT2D eigenvalue weighted by molar-refractivity contribution is 5.86. The number of rotatable bonds is 12. The molecule has 21 heavy (non-hydrogen) atoms. The summed E-state index contributed by atoms with van der Waals surface area (Å²) in [6.07, 6.45) is 12.9. The second-order valence-electron chi connectivity index (χ2n) is 7.41. The molecule has 0 aliphatic carbocycles. The van der Waals surface area contributed by atoms with Crippen molar-refractivity contribution in [2.45, 2.75) is 91.9 Å². The SMILES string of the molecule is C=C(C)C(=O)OCCCCCCCCCCCC(C)(C)C. The second kappa shape index (κ2) is 11.8. The Hall–Kier alpha value is -0.790. The maximum absolute atomic E-state index is 11.1. The summed E-state index contributed by atoms with van der Waals surface area (Å²) in [5.74, 6) is -0.259. The van der Waals surface area contributed by atoms with E-state index in [0.717, 1.165) is 12.8 Å². The molecule has 0 saturated heterocycles. The number of carbonyl (C=O) groups excluding carboxylic acids is 1. The minimum absolute atomic E-state index is 0.259. The van der Waals surface area contributed by atoms with Gasteiger partial charge in [-0.1, -0.05) is 78.7 Å². The molecule has 0 unspecified atom stereocenters. The van der Waals surface area contributed by atoms with Gasteiger partial charge in [0.15, 0.2) is 0 Å². The van der Waals surface area contributed by atoms with Crippen LogP contribution in [-0.2, 0) is 9.53 Å². The van der Waals surface area contributed by atoms with Gasteiger partial charge in [0, 0.05) is 5.57 Å². The summed E-state index contributed by atoms with van der Waals surface area (Å²) in [7, 11) is 0. The van der Waals surface area contributed by atoms with Crippen LogP contribution in [0.25, 0.3) is 0 Å². The molecule has 0 aliphatic rings. The molecule has 0 aromatic carbocycles. The number of hydrogen-bond acceptors (Lipinski definition) is 2. The van der Waals surface area contributed by atoms with Crippen molar-refractivity contribution in [3.8, 4) is 0 Å². The average Bonchev–Trinajstić information content (AvgIpc) is 2.38. The number of ether oxygens (including phenoxy) is 1. The third-order valence-corrected chi connectivity index (χ3v) is 3.65. The fourth-order valence-corrected chi connectivity index (χ4v) is 2.28. The average molecular weight is 296 g/mol. The first-order chi connectivity index (χ1) is 9.83. The zero-order valence-corrected chi connectivity index (χ0v) is 14.8. The van der Waals surface area contributed by atoms with E-state index in [9.17, 15) is 4.79 Å². The third-order valence-electron chi connectivity index (χ3n) is 3.65. The van der Waals surface area contributed by atoms with Gasteiger partial charge >= 0.3 is 5.97 Å². The van der Waals surface area contributed by atoms with Crippen LogP contribution in [0.1, 0.15) is 91.9 Å². The summed E-state index contributed by atoms with van der Waals surface area (Å²) in [5.41, 5.74) is 0.981. The Morgan fingerprint density at radius 2 is 1.29 bits per heavy atom. The Kier molecular flexibility index (Phi) is 11.4. The Bertz CT molecular complexity index is 286. The first-order valence-electron chi connectivity index (χ1n) is 8.65. The zero-order chi connectivity index (χ0) is 16.1. The van der Waals surface area contributed by atoms with Gasteiger partial charge in [-0.05, 0) is 25.2 Å². The van der Waals surface area contributed by atoms with Crippen LogP contribution in [0.5, 0.6) is 0 Å². The van der Waals surface area contributed by atoms with Crippen LogP contribution in [0.2, 0.25) is 0 Å². The van der Waals surface area contributed by atoms with Crippen molar-refractivity contribution in [1.82, 2.24) is 0 Å². The van der Waals surface area contributed by atoms with Crippen molar-refractivity contribution in [1.29, 1.82) is 0 Å². The van der Waals surface area contributed by atoms with Crippen LogP contribution >= 0.6 is 0 Å². The second-order valence-corrected chi connectivity index (χ2v) is 7.41. The Morgan fingerprint density at radius 1 is 0.857 bits per heavy atom. The highest BCUT2D eigenvalue weighted by Crippen LogP contribution is 2.22. The van der Waals surface area contributed by atoms with Gasteiger partial charge in [-0.15, -0.1) is 0 Å². The smallest absolute Gasteiger partial charge is 0.333 e. The van der Waals surface area contributed by atoms with Gasteiger partial charge in [0.25, 0.3) is 0 Å². The number of carbonyl (C=O) groups is 1. The summed E-state index contributed by atoms with van der Waals surface area (Å²) >= 11 is 0. The minimum atomic E-state index is -0.259. The van der Waals surface area contributed by atoms with Crippen molar-refractivity contribution in [2.24, 2.45) is 5.41 Å². The predicted molar refractivity (Wildman–Crippen MR) is 91.4 cm³/mol. The van der Waals surface area contributed by atoms with Crippen LogP contribution in [-0.4, -0.2) is 12.6 Å². The quantitative estimate of drug-likeness (QED) is 0.249. The minimum Gasteiger partial charge on any atom is -0.462 e. The molecule has 0 amide bonds. The molecule has 0 rings (SSSR count). The first-order valence-corrected chi connectivity index (χ1v) is 8.65. The normalized spacial score (nSPS) is 11.4. The van der Waals surface area contributed by atoms with Gasteiger partial charge in [0.1, 0.15) is 0 Å². The summed E-state index contributed by atoms with van der Waals surface area (Å²) in [5, 5.41) is 0. The van der Waals surface area contributed by atoms with Crippen LogP contribution in [0.4, 0.5) is 0 Å². The topological polar surface area (TPSA) is 26.3 Å². The molecule has 0 bridgehead atoms. The summed E-state index contributed by atoms with van der Waals surface area (Å²) in [4.78, 5) is 11.1. The zero-order valence-electron chi connectivity index (χ0n) is 14.8. The van der Waals surface area contributed by atoms with Crippen molar-refractivity contribution in [3.05, 3.63) is 12.2 Å². The van der Waals surface area contributed by atoms with E-state index < -0.39 is 0 Å². The van der Waals surface area contributed by atoms with E-state index in [0.29, 0.717) is 17.6 Å². The molecule has 124 valence electrons. The summed E-state index contributed by atoms with van der Waals surface area (Å²) in [6, 6.07) is 0. The number of esters is 1. The fourth-order valence-electron chi connectivity index (χ4n) is 2.28. The monoisotopic (exact) mass is 296 g/mol. The summed E-state index contributed by atoms with van der Waals surface area (Å²) in [6.45, 7) is 12.7. The molecular formula is C19H36O2. The molecule has 0 aromatic rings. The number of unbranched alkanes of at least 4 members (excludes halogenated alkanes) is 8. The summed E-state index contributed by atoms with van der Waals surface area (Å²) < 4.78 is 5.06. The van der Waals surface area contributed by atoms with Crippen LogP contribution < -0.4 is 0 Å². The third kappa shape index (κ3) is 15.4. The van der Waals surface area contributed by atoms with Crippen LogP contribution in [0, 0.1) is 5.41 Å². The van der Waals surface area contributed by atoms with E-state index in [2.05, 4.69) is 27.4 Å². The van der Waals surface area contributed by atoms with Crippen molar-refractivity contribution < 1.29 is 9.53 Å². The largest absolute Gasteiger partial charge is 0.462 e. The van der Waals surface area contributed by atoms with Gasteiger partial charge < -0.3 is 4.74 Å². The van der Waals surface area contributed by atoms with Crippen LogP contribution in [0.3, 0.4) is 0 Å². The highest BCUT2D eigenvalue weighted by Gasteiger charge is 2.08. The molecular weight excluding hydrogens is 260 g/mol. The van der Waals surface area contributed by atoms with Gasteiger partial charge in [0.2, 0.25) is 0 Å². The molecule has 0 fully saturated rings. The lowest BCUT2D eigenvalue weighted by atomic mass is 9.89. The van der Waals surface area contributed by atoms with Crippen molar-refractivity contribution in [2.75, 3.05) is 6.61 Å². The van der Waals surface area contributed by atoms with E-state index in [1.807, 2.05) is 0 Å². The first kappa shape index (κ1) is 20.2. The lowest BCUT2D eigenvalue weighted by Gasteiger charge is -2.17. The van der Waals surface area contributed by atoms with E-state index in [-0.39, 0.29) is 5.97 Å². The van der Waals surface area contributed by atoms with Crippen LogP contribution in [0.15, 0.2) is 12.2 Å². The molecule has 0 radical (unpaired) electrons. The Labute approximate surface area is 132 Å². The Balaban J connectivity index is 3.16. The molecule has 0 heterocycles. The molecule has 0 spiro atoms. The molecule has 0 aromatic heterocycles. The molecule has 0 atom stereocenters. The Morgan fingerprint density at radius 3 is 1.71 bits per heavy atom. The maximum Gasteiger partial charge on any atom is 0.333 e. The lowest BCUT2D eigenvalue weighted by molar-refractivity contribution is -0.139. The van der Waals surface area contributed by atoms with Gasteiger partial charge in [0.05, 0.1) is 6.61 Å². The van der Waals surface area contributed by atoms with E-state index in [1.165, 1.54) is 51.4 Å². The number of hydrogen-bond donors (Lipinski definition) is 0. The van der Waals surface area contributed by atoms with E-state index >= 15 is 0 Å². The van der Waals surface area contributed by atoms with E-state index in [4.69, 9.17) is 4.74 Å². The molecule has 0 N–H and O–H groups in total. The van der Waals surface area contributed by atoms with Gasteiger partial charge in [-0.2, -0.15) is 0 Å². The van der Waals surface area contributed by atoms with E-state index in [1.54, 1.807) is 6.92 Å². The highest BCUT2D eigenvalue weighted by atomic mass is 16.5.